The van der Waals surface area contributed by atoms with Crippen LogP contribution in [0, 0.1) is 17.8 Å². The second-order valence-electron chi connectivity index (χ2n) is 5.21. The van der Waals surface area contributed by atoms with Crippen LogP contribution in [0.4, 0.5) is 5.69 Å². The first kappa shape index (κ1) is 11.6. The molecule has 1 fully saturated rings. The van der Waals surface area contributed by atoms with E-state index in [4.69, 9.17) is 4.74 Å². The van der Waals surface area contributed by atoms with E-state index >= 15 is 0 Å². The quantitative estimate of drug-likeness (QED) is 0.808. The van der Waals surface area contributed by atoms with Crippen LogP contribution < -0.4 is 10.1 Å². The van der Waals surface area contributed by atoms with Gasteiger partial charge in [-0.2, -0.15) is 0 Å². The monoisotopic (exact) mass is 244 g/mol. The zero-order valence-corrected chi connectivity index (χ0v) is 10.8. The van der Waals surface area contributed by atoms with Crippen molar-refractivity contribution >= 4 is 5.69 Å². The van der Waals surface area contributed by atoms with Crippen molar-refractivity contribution in [2.45, 2.75) is 19.8 Å². The van der Waals surface area contributed by atoms with Gasteiger partial charge in [0.25, 0.3) is 0 Å². The zero-order valence-electron chi connectivity index (χ0n) is 10.8. The molecule has 1 heterocycles. The van der Waals surface area contributed by atoms with Gasteiger partial charge in [0.05, 0.1) is 12.3 Å². The fourth-order valence-corrected chi connectivity index (χ4v) is 3.15. The minimum Gasteiger partial charge on any atom is -0.476 e. The molecule has 18 heavy (non-hydrogen) atoms. The standard InChI is InChI=1S/C15H20N2O/c1-2-18-15-14(4-3-7-16-15)17-10-13-9-11-5-6-12(13)8-11/h3-7,11-13,17H,2,8-10H2,1H3. The molecule has 2 aliphatic rings. The molecule has 3 rings (SSSR count). The SMILES string of the molecule is CCOc1ncccc1NCC1CC2C=CC1C2. The van der Waals surface area contributed by atoms with Gasteiger partial charge in [-0.05, 0) is 49.7 Å². The third kappa shape index (κ3) is 2.22. The normalized spacial score (nSPS) is 28.6. The highest BCUT2D eigenvalue weighted by atomic mass is 16.5. The lowest BCUT2D eigenvalue weighted by Crippen LogP contribution is -2.18. The largest absolute Gasteiger partial charge is 0.476 e. The zero-order chi connectivity index (χ0) is 12.4. The summed E-state index contributed by atoms with van der Waals surface area (Å²) in [5, 5.41) is 3.50. The van der Waals surface area contributed by atoms with Gasteiger partial charge in [0.15, 0.2) is 0 Å². The van der Waals surface area contributed by atoms with Crippen molar-refractivity contribution in [2.24, 2.45) is 17.8 Å². The summed E-state index contributed by atoms with van der Waals surface area (Å²) in [7, 11) is 0. The Labute approximate surface area is 108 Å². The van der Waals surface area contributed by atoms with Crippen molar-refractivity contribution in [3.8, 4) is 5.88 Å². The molecule has 0 aliphatic heterocycles. The van der Waals surface area contributed by atoms with Crippen LogP contribution in [0.1, 0.15) is 19.8 Å². The van der Waals surface area contributed by atoms with Crippen LogP contribution in [0.2, 0.25) is 0 Å². The van der Waals surface area contributed by atoms with Gasteiger partial charge in [0, 0.05) is 12.7 Å². The van der Waals surface area contributed by atoms with Crippen LogP contribution in [-0.2, 0) is 0 Å². The number of rotatable bonds is 5. The van der Waals surface area contributed by atoms with E-state index < -0.39 is 0 Å². The lowest BCUT2D eigenvalue weighted by molar-refractivity contribution is 0.328. The fraction of sp³-hybridized carbons (Fsp3) is 0.533. The molecule has 1 N–H and O–H groups in total. The Bertz CT molecular complexity index is 444. The molecule has 3 nitrogen and oxygen atoms in total. The van der Waals surface area contributed by atoms with Gasteiger partial charge >= 0.3 is 0 Å². The molecule has 1 aromatic heterocycles. The first-order valence-corrected chi connectivity index (χ1v) is 6.87. The molecular formula is C15H20N2O. The number of hydrogen-bond donors (Lipinski definition) is 1. The summed E-state index contributed by atoms with van der Waals surface area (Å²) in [5.74, 6) is 3.12. The molecule has 2 aliphatic carbocycles. The lowest BCUT2D eigenvalue weighted by Gasteiger charge is -2.20. The smallest absolute Gasteiger partial charge is 0.237 e. The second-order valence-corrected chi connectivity index (χ2v) is 5.21. The number of pyridine rings is 1. The molecule has 1 aromatic rings. The molecule has 0 aromatic carbocycles. The Morgan fingerprint density at radius 2 is 2.33 bits per heavy atom. The fourth-order valence-electron chi connectivity index (χ4n) is 3.15. The molecule has 0 saturated heterocycles. The van der Waals surface area contributed by atoms with Gasteiger partial charge in [-0.1, -0.05) is 12.2 Å². The molecule has 3 heteroatoms. The van der Waals surface area contributed by atoms with Gasteiger partial charge < -0.3 is 10.1 Å². The average molecular weight is 244 g/mol. The molecule has 96 valence electrons. The number of nitrogens with one attached hydrogen (secondary N) is 1. The Morgan fingerprint density at radius 1 is 1.39 bits per heavy atom. The van der Waals surface area contributed by atoms with E-state index in [1.807, 2.05) is 19.1 Å². The van der Waals surface area contributed by atoms with Crippen LogP contribution in [0.5, 0.6) is 5.88 Å². The van der Waals surface area contributed by atoms with Crippen molar-refractivity contribution in [3.63, 3.8) is 0 Å². The Morgan fingerprint density at radius 3 is 3.06 bits per heavy atom. The highest BCUT2D eigenvalue weighted by Crippen LogP contribution is 2.43. The van der Waals surface area contributed by atoms with Crippen molar-refractivity contribution in [1.29, 1.82) is 0 Å². The first-order chi connectivity index (χ1) is 8.86. The third-order valence-electron chi connectivity index (χ3n) is 4.02. The Balaban J connectivity index is 1.61. The second kappa shape index (κ2) is 5.01. The van der Waals surface area contributed by atoms with Gasteiger partial charge in [-0.3, -0.25) is 0 Å². The molecule has 1 saturated carbocycles. The maximum Gasteiger partial charge on any atom is 0.237 e. The molecule has 0 spiro atoms. The summed E-state index contributed by atoms with van der Waals surface area (Å²) in [5.41, 5.74) is 1.02. The van der Waals surface area contributed by atoms with E-state index in [-0.39, 0.29) is 0 Å². The van der Waals surface area contributed by atoms with E-state index in [0.717, 1.165) is 35.9 Å². The predicted molar refractivity (Wildman–Crippen MR) is 72.7 cm³/mol. The van der Waals surface area contributed by atoms with Gasteiger partial charge in [0.1, 0.15) is 0 Å². The molecule has 2 bridgehead atoms. The Kier molecular flexibility index (Phi) is 3.22. The van der Waals surface area contributed by atoms with E-state index in [1.165, 1.54) is 12.8 Å². The summed E-state index contributed by atoms with van der Waals surface area (Å²) < 4.78 is 5.53. The maximum atomic E-state index is 5.53. The topological polar surface area (TPSA) is 34.1 Å². The molecule has 0 radical (unpaired) electrons. The number of nitrogens with zero attached hydrogens (tertiary/aromatic N) is 1. The predicted octanol–water partition coefficient (Wildman–Crippen LogP) is 3.10. The number of hydrogen-bond acceptors (Lipinski definition) is 3. The van der Waals surface area contributed by atoms with E-state index in [0.29, 0.717) is 6.61 Å². The van der Waals surface area contributed by atoms with E-state index in [9.17, 15) is 0 Å². The number of ether oxygens (including phenoxy) is 1. The summed E-state index contributed by atoms with van der Waals surface area (Å²) >= 11 is 0. The van der Waals surface area contributed by atoms with Gasteiger partial charge in [-0.25, -0.2) is 4.98 Å². The van der Waals surface area contributed by atoms with Crippen LogP contribution in [0.3, 0.4) is 0 Å². The summed E-state index contributed by atoms with van der Waals surface area (Å²) in [4.78, 5) is 4.26. The average Bonchev–Trinajstić information content (AvgIpc) is 3.00. The number of aromatic nitrogens is 1. The Hall–Kier alpha value is -1.51. The summed E-state index contributed by atoms with van der Waals surface area (Å²) in [6, 6.07) is 3.99. The van der Waals surface area contributed by atoms with Crippen LogP contribution in [-0.4, -0.2) is 18.1 Å². The van der Waals surface area contributed by atoms with Crippen molar-refractivity contribution in [2.75, 3.05) is 18.5 Å². The van der Waals surface area contributed by atoms with Crippen LogP contribution >= 0.6 is 0 Å². The van der Waals surface area contributed by atoms with E-state index in [2.05, 4.69) is 22.5 Å². The highest BCUT2D eigenvalue weighted by Gasteiger charge is 2.35. The summed E-state index contributed by atoms with van der Waals surface area (Å²) in [6.45, 7) is 3.67. The molecule has 3 unspecified atom stereocenters. The minimum atomic E-state index is 0.655. The molecule has 3 atom stereocenters. The lowest BCUT2D eigenvalue weighted by atomic mass is 9.93. The summed E-state index contributed by atoms with van der Waals surface area (Å²) in [6.07, 6.45) is 9.25. The minimum absolute atomic E-state index is 0.655. The molecular weight excluding hydrogens is 224 g/mol. The van der Waals surface area contributed by atoms with Crippen molar-refractivity contribution < 1.29 is 4.74 Å². The number of allylic oxidation sites excluding steroid dienone is 2. The molecule has 0 amide bonds. The van der Waals surface area contributed by atoms with Crippen LogP contribution in [0.25, 0.3) is 0 Å². The highest BCUT2D eigenvalue weighted by molar-refractivity contribution is 5.52. The van der Waals surface area contributed by atoms with Gasteiger partial charge in [-0.15, -0.1) is 0 Å². The number of fused-ring (bicyclic) bond motifs is 2. The first-order valence-electron chi connectivity index (χ1n) is 6.87. The van der Waals surface area contributed by atoms with Crippen LogP contribution in [0.15, 0.2) is 30.5 Å². The van der Waals surface area contributed by atoms with Crippen molar-refractivity contribution in [3.05, 3.63) is 30.5 Å². The van der Waals surface area contributed by atoms with E-state index in [1.54, 1.807) is 6.20 Å². The van der Waals surface area contributed by atoms with Crippen molar-refractivity contribution in [1.82, 2.24) is 4.98 Å². The van der Waals surface area contributed by atoms with Gasteiger partial charge in [0.2, 0.25) is 5.88 Å². The number of anilines is 1. The third-order valence-corrected chi connectivity index (χ3v) is 4.02. The maximum absolute atomic E-state index is 5.53.